The number of rotatable bonds is 5. The lowest BCUT2D eigenvalue weighted by molar-refractivity contribution is 0.122. The van der Waals surface area contributed by atoms with Gasteiger partial charge in [-0.2, -0.15) is 0 Å². The molecule has 0 bridgehead atoms. The Labute approximate surface area is 198 Å². The molecular weight excluding hydrogens is 436 g/mol. The molecule has 0 radical (unpaired) electrons. The second-order valence-electron chi connectivity index (χ2n) is 9.12. The van der Waals surface area contributed by atoms with Gasteiger partial charge in [0, 0.05) is 36.9 Å². The molecule has 8 heteroatoms. The molecule has 1 N–H and O–H groups in total. The van der Waals surface area contributed by atoms with Gasteiger partial charge in [0.05, 0.1) is 48.3 Å². The van der Waals surface area contributed by atoms with Gasteiger partial charge < -0.3 is 24.1 Å². The summed E-state index contributed by atoms with van der Waals surface area (Å²) < 4.78 is 10.1. The smallest absolute Gasteiger partial charge is 0.128 e. The second kappa shape index (κ2) is 8.54. The number of anilines is 2. The standard InChI is InChI=1S/C25H29ClN6O/c1-30-22-12-17(26)6-7-20(22)29-24(30)15-27-21-13-19(31-8-10-33-11-9-31)14-23-25(21)28-16-32(23)18-4-2-3-5-18/h6-7,12-14,16,18,27H,2-5,8-11,15H2,1H3. The molecule has 33 heavy (non-hydrogen) atoms. The van der Waals surface area contributed by atoms with Gasteiger partial charge >= 0.3 is 0 Å². The molecule has 1 saturated carbocycles. The average molecular weight is 465 g/mol. The summed E-state index contributed by atoms with van der Waals surface area (Å²) in [5.41, 5.74) is 6.51. The lowest BCUT2D eigenvalue weighted by atomic mass is 10.2. The van der Waals surface area contributed by atoms with E-state index in [0.717, 1.165) is 59.4 Å². The lowest BCUT2D eigenvalue weighted by Gasteiger charge is -2.29. The number of benzene rings is 2. The first-order chi connectivity index (χ1) is 16.2. The molecule has 0 amide bonds. The molecule has 2 aromatic carbocycles. The van der Waals surface area contributed by atoms with Crippen molar-refractivity contribution in [2.24, 2.45) is 7.05 Å². The van der Waals surface area contributed by atoms with Crippen molar-refractivity contribution in [1.82, 2.24) is 19.1 Å². The van der Waals surface area contributed by atoms with E-state index in [1.165, 1.54) is 36.9 Å². The van der Waals surface area contributed by atoms with Crippen LogP contribution in [0, 0.1) is 0 Å². The number of nitrogens with one attached hydrogen (secondary N) is 1. The molecule has 4 aromatic rings. The minimum atomic E-state index is 0.548. The third-order valence-corrected chi connectivity index (χ3v) is 7.37. The normalized spacial score (nSPS) is 17.5. The maximum Gasteiger partial charge on any atom is 0.128 e. The molecule has 6 rings (SSSR count). The number of aryl methyl sites for hydroxylation is 1. The highest BCUT2D eigenvalue weighted by atomic mass is 35.5. The van der Waals surface area contributed by atoms with Crippen molar-refractivity contribution >= 4 is 45.0 Å². The zero-order chi connectivity index (χ0) is 22.4. The van der Waals surface area contributed by atoms with E-state index in [9.17, 15) is 0 Å². The van der Waals surface area contributed by atoms with Crippen LogP contribution in [-0.4, -0.2) is 45.4 Å². The SMILES string of the molecule is Cn1c(CNc2cc(N3CCOCC3)cc3c2ncn3C2CCCC2)nc2ccc(Cl)cc21. The number of aromatic nitrogens is 4. The highest BCUT2D eigenvalue weighted by Crippen LogP contribution is 2.36. The molecule has 2 aromatic heterocycles. The number of hydrogen-bond donors (Lipinski definition) is 1. The maximum atomic E-state index is 6.20. The minimum Gasteiger partial charge on any atom is -0.378 e. The van der Waals surface area contributed by atoms with Crippen LogP contribution in [0.3, 0.4) is 0 Å². The van der Waals surface area contributed by atoms with E-state index in [-0.39, 0.29) is 0 Å². The summed E-state index contributed by atoms with van der Waals surface area (Å²) in [5.74, 6) is 0.965. The first-order valence-corrected chi connectivity index (χ1v) is 12.2. The van der Waals surface area contributed by atoms with Crippen molar-refractivity contribution in [3.63, 3.8) is 0 Å². The first kappa shape index (κ1) is 20.8. The van der Waals surface area contributed by atoms with Crippen LogP contribution in [0.5, 0.6) is 0 Å². The third-order valence-electron chi connectivity index (χ3n) is 7.13. The summed E-state index contributed by atoms with van der Waals surface area (Å²) >= 11 is 6.20. The Balaban J connectivity index is 1.37. The number of halogens is 1. The molecule has 0 unspecified atom stereocenters. The molecule has 0 spiro atoms. The zero-order valence-electron chi connectivity index (χ0n) is 18.9. The van der Waals surface area contributed by atoms with Gasteiger partial charge in [0.15, 0.2) is 0 Å². The van der Waals surface area contributed by atoms with Gasteiger partial charge in [-0.3, -0.25) is 0 Å². The molecule has 7 nitrogen and oxygen atoms in total. The predicted molar refractivity (Wildman–Crippen MR) is 133 cm³/mol. The monoisotopic (exact) mass is 464 g/mol. The second-order valence-corrected chi connectivity index (χ2v) is 9.56. The maximum absolute atomic E-state index is 6.20. The minimum absolute atomic E-state index is 0.548. The fraction of sp³-hybridized carbons (Fsp3) is 0.440. The summed E-state index contributed by atoms with van der Waals surface area (Å²) in [6.45, 7) is 3.97. The number of morpholine rings is 1. The molecule has 172 valence electrons. The van der Waals surface area contributed by atoms with Crippen molar-refractivity contribution in [3.8, 4) is 0 Å². The molecule has 2 aliphatic rings. The molecule has 0 atom stereocenters. The Hall–Kier alpha value is -2.77. The van der Waals surface area contributed by atoms with Gasteiger partial charge in [0.25, 0.3) is 0 Å². The van der Waals surface area contributed by atoms with E-state index in [1.807, 2.05) is 31.6 Å². The number of hydrogen-bond acceptors (Lipinski definition) is 5. The summed E-state index contributed by atoms with van der Waals surface area (Å²) in [5, 5.41) is 4.38. The van der Waals surface area contributed by atoms with Crippen molar-refractivity contribution in [2.75, 3.05) is 36.5 Å². The van der Waals surface area contributed by atoms with Crippen molar-refractivity contribution in [3.05, 3.63) is 47.5 Å². The van der Waals surface area contributed by atoms with Crippen LogP contribution in [0.1, 0.15) is 37.5 Å². The fourth-order valence-electron chi connectivity index (χ4n) is 5.28. The number of imidazole rings is 2. The van der Waals surface area contributed by atoms with Crippen molar-refractivity contribution in [1.29, 1.82) is 0 Å². The Morgan fingerprint density at radius 3 is 2.73 bits per heavy atom. The van der Waals surface area contributed by atoms with Crippen molar-refractivity contribution < 1.29 is 4.74 Å². The topological polar surface area (TPSA) is 60.1 Å². The van der Waals surface area contributed by atoms with Crippen LogP contribution in [0.25, 0.3) is 22.1 Å². The van der Waals surface area contributed by atoms with E-state index in [4.69, 9.17) is 26.3 Å². The molecule has 1 aliphatic heterocycles. The molecule has 2 fully saturated rings. The van der Waals surface area contributed by atoms with Crippen LogP contribution in [0.15, 0.2) is 36.7 Å². The third kappa shape index (κ3) is 3.83. The number of nitrogens with zero attached hydrogens (tertiary/aromatic N) is 5. The van der Waals surface area contributed by atoms with Crippen LogP contribution < -0.4 is 10.2 Å². The Morgan fingerprint density at radius 2 is 1.91 bits per heavy atom. The first-order valence-electron chi connectivity index (χ1n) is 11.9. The average Bonchev–Trinajstić information content (AvgIpc) is 3.58. The van der Waals surface area contributed by atoms with E-state index < -0.39 is 0 Å². The van der Waals surface area contributed by atoms with E-state index in [1.54, 1.807) is 0 Å². The van der Waals surface area contributed by atoms with E-state index in [2.05, 4.69) is 31.5 Å². The van der Waals surface area contributed by atoms with Gasteiger partial charge in [-0.25, -0.2) is 9.97 Å². The number of ether oxygens (including phenoxy) is 1. The lowest BCUT2D eigenvalue weighted by Crippen LogP contribution is -2.36. The van der Waals surface area contributed by atoms with Gasteiger partial charge in [-0.15, -0.1) is 0 Å². The van der Waals surface area contributed by atoms with Crippen LogP contribution in [0.2, 0.25) is 5.02 Å². The Kier molecular flexibility index (Phi) is 5.38. The molecule has 1 aliphatic carbocycles. The molecular formula is C25H29ClN6O. The quantitative estimate of drug-likeness (QED) is 0.443. The summed E-state index contributed by atoms with van der Waals surface area (Å²) in [7, 11) is 2.04. The zero-order valence-corrected chi connectivity index (χ0v) is 19.7. The largest absolute Gasteiger partial charge is 0.378 e. The Morgan fingerprint density at radius 1 is 1.09 bits per heavy atom. The van der Waals surface area contributed by atoms with Crippen LogP contribution in [0.4, 0.5) is 11.4 Å². The van der Waals surface area contributed by atoms with Crippen molar-refractivity contribution in [2.45, 2.75) is 38.3 Å². The fourth-order valence-corrected chi connectivity index (χ4v) is 5.44. The van der Waals surface area contributed by atoms with Gasteiger partial charge in [0.2, 0.25) is 0 Å². The summed E-state index contributed by atoms with van der Waals surface area (Å²) in [4.78, 5) is 12.1. The Bertz CT molecular complexity index is 1300. The van der Waals surface area contributed by atoms with E-state index >= 15 is 0 Å². The summed E-state index contributed by atoms with van der Waals surface area (Å²) in [6, 6.07) is 10.9. The van der Waals surface area contributed by atoms with Gasteiger partial charge in [-0.1, -0.05) is 24.4 Å². The van der Waals surface area contributed by atoms with Gasteiger partial charge in [0.1, 0.15) is 11.3 Å². The van der Waals surface area contributed by atoms with Crippen LogP contribution >= 0.6 is 11.6 Å². The predicted octanol–water partition coefficient (Wildman–Crippen LogP) is 5.14. The van der Waals surface area contributed by atoms with Gasteiger partial charge in [-0.05, 0) is 43.2 Å². The molecule has 1 saturated heterocycles. The highest BCUT2D eigenvalue weighted by Gasteiger charge is 2.22. The summed E-state index contributed by atoms with van der Waals surface area (Å²) in [6.07, 6.45) is 7.10. The van der Waals surface area contributed by atoms with Crippen LogP contribution in [-0.2, 0) is 18.3 Å². The number of fused-ring (bicyclic) bond motifs is 2. The highest BCUT2D eigenvalue weighted by molar-refractivity contribution is 6.31. The van der Waals surface area contributed by atoms with E-state index in [0.29, 0.717) is 12.6 Å². The molecule has 3 heterocycles.